The van der Waals surface area contributed by atoms with Gasteiger partial charge in [0, 0.05) is 17.3 Å². The molecule has 2 amide bonds. The lowest BCUT2D eigenvalue weighted by molar-refractivity contribution is 0.0921. The second-order valence-corrected chi connectivity index (χ2v) is 6.81. The highest BCUT2D eigenvalue weighted by Gasteiger charge is 2.18. The van der Waals surface area contributed by atoms with Crippen molar-refractivity contribution in [1.82, 2.24) is 10.3 Å². The van der Waals surface area contributed by atoms with E-state index in [1.807, 2.05) is 0 Å². The van der Waals surface area contributed by atoms with Crippen LogP contribution in [-0.2, 0) is 0 Å². The van der Waals surface area contributed by atoms with Crippen LogP contribution in [0.5, 0.6) is 0 Å². The lowest BCUT2D eigenvalue weighted by atomic mass is 9.95. The predicted molar refractivity (Wildman–Crippen MR) is 103 cm³/mol. The lowest BCUT2D eigenvalue weighted by Crippen LogP contribution is -2.36. The van der Waals surface area contributed by atoms with Crippen molar-refractivity contribution >= 4 is 23.3 Å². The van der Waals surface area contributed by atoms with Gasteiger partial charge in [0.25, 0.3) is 11.8 Å². The second-order valence-electron chi connectivity index (χ2n) is 6.81. The van der Waals surface area contributed by atoms with Crippen molar-refractivity contribution in [2.24, 2.45) is 0 Å². The van der Waals surface area contributed by atoms with Crippen LogP contribution in [0.2, 0.25) is 0 Å². The average molecular weight is 365 g/mol. The standard InChI is InChI=1S/C21H23N3O3/c1-14(25)15-7-5-10-17(13-15)23-21(27)19-12-6-11-18(24-19)20(26)22-16-8-3-2-4-9-16/h5-7,10-13,16H,2-4,8-9H2,1H3,(H,22,26)(H,23,27). The molecule has 0 aliphatic heterocycles. The summed E-state index contributed by atoms with van der Waals surface area (Å²) in [4.78, 5) is 40.6. The molecule has 140 valence electrons. The van der Waals surface area contributed by atoms with Crippen LogP contribution in [0.3, 0.4) is 0 Å². The molecule has 1 aromatic carbocycles. The fourth-order valence-electron chi connectivity index (χ4n) is 3.20. The molecule has 0 saturated heterocycles. The molecule has 1 aliphatic carbocycles. The summed E-state index contributed by atoms with van der Waals surface area (Å²) in [5.41, 5.74) is 1.40. The zero-order chi connectivity index (χ0) is 19.2. The smallest absolute Gasteiger partial charge is 0.274 e. The van der Waals surface area contributed by atoms with E-state index < -0.39 is 5.91 Å². The van der Waals surface area contributed by atoms with Crippen LogP contribution in [0.25, 0.3) is 0 Å². The first-order valence-electron chi connectivity index (χ1n) is 9.23. The van der Waals surface area contributed by atoms with Crippen LogP contribution >= 0.6 is 0 Å². The third-order valence-corrected chi connectivity index (χ3v) is 4.68. The minimum absolute atomic E-state index is 0.0781. The summed E-state index contributed by atoms with van der Waals surface area (Å²) in [6.45, 7) is 1.47. The molecular formula is C21H23N3O3. The van der Waals surface area contributed by atoms with Crippen molar-refractivity contribution in [3.8, 4) is 0 Å². The van der Waals surface area contributed by atoms with Crippen molar-refractivity contribution in [2.75, 3.05) is 5.32 Å². The van der Waals surface area contributed by atoms with E-state index in [0.29, 0.717) is 11.3 Å². The summed E-state index contributed by atoms with van der Waals surface area (Å²) in [5, 5.41) is 5.72. The minimum atomic E-state index is -0.428. The number of Topliss-reactive ketones (excluding diaryl/α,β-unsaturated/α-hetero) is 1. The van der Waals surface area contributed by atoms with Gasteiger partial charge in [-0.2, -0.15) is 0 Å². The van der Waals surface area contributed by atoms with Gasteiger partial charge in [-0.15, -0.1) is 0 Å². The maximum absolute atomic E-state index is 12.5. The molecule has 1 aliphatic rings. The number of aromatic nitrogens is 1. The number of nitrogens with one attached hydrogen (secondary N) is 2. The predicted octanol–water partition coefficient (Wildman–Crippen LogP) is 3.60. The van der Waals surface area contributed by atoms with Gasteiger partial charge < -0.3 is 10.6 Å². The van der Waals surface area contributed by atoms with Crippen molar-refractivity contribution in [1.29, 1.82) is 0 Å². The van der Waals surface area contributed by atoms with Gasteiger partial charge in [-0.05, 0) is 44.0 Å². The third-order valence-electron chi connectivity index (χ3n) is 4.68. The number of rotatable bonds is 5. The Bertz CT molecular complexity index is 857. The molecule has 27 heavy (non-hydrogen) atoms. The summed E-state index contributed by atoms with van der Waals surface area (Å²) in [6, 6.07) is 11.7. The third kappa shape index (κ3) is 5.00. The summed E-state index contributed by atoms with van der Waals surface area (Å²) in [7, 11) is 0. The SMILES string of the molecule is CC(=O)c1cccc(NC(=O)c2cccc(C(=O)NC3CCCCC3)n2)c1. The fraction of sp³-hybridized carbons (Fsp3) is 0.333. The number of benzene rings is 1. The zero-order valence-electron chi connectivity index (χ0n) is 15.3. The van der Waals surface area contributed by atoms with Crippen LogP contribution in [0.15, 0.2) is 42.5 Å². The molecule has 1 aromatic heterocycles. The highest BCUT2D eigenvalue weighted by Crippen LogP contribution is 2.18. The van der Waals surface area contributed by atoms with E-state index >= 15 is 0 Å². The number of hydrogen-bond donors (Lipinski definition) is 2. The van der Waals surface area contributed by atoms with E-state index in [-0.39, 0.29) is 29.1 Å². The number of carbonyl (C=O) groups excluding carboxylic acids is 3. The van der Waals surface area contributed by atoms with Crippen LogP contribution in [-0.4, -0.2) is 28.6 Å². The Kier molecular flexibility index (Phi) is 5.96. The topological polar surface area (TPSA) is 88.2 Å². The highest BCUT2D eigenvalue weighted by atomic mass is 16.2. The zero-order valence-corrected chi connectivity index (χ0v) is 15.3. The summed E-state index contributed by atoms with van der Waals surface area (Å²) >= 11 is 0. The molecule has 0 unspecified atom stereocenters. The molecule has 2 aromatic rings. The molecule has 0 bridgehead atoms. The van der Waals surface area contributed by atoms with Crippen LogP contribution < -0.4 is 10.6 Å². The largest absolute Gasteiger partial charge is 0.348 e. The second kappa shape index (κ2) is 8.58. The number of anilines is 1. The normalized spacial score (nSPS) is 14.4. The summed E-state index contributed by atoms with van der Waals surface area (Å²) < 4.78 is 0. The number of nitrogens with zero attached hydrogens (tertiary/aromatic N) is 1. The summed E-state index contributed by atoms with van der Waals surface area (Å²) in [5.74, 6) is -0.760. The Morgan fingerprint density at radius 3 is 2.30 bits per heavy atom. The quantitative estimate of drug-likeness (QED) is 0.793. The molecular weight excluding hydrogens is 342 g/mol. The highest BCUT2D eigenvalue weighted by molar-refractivity contribution is 6.04. The van der Waals surface area contributed by atoms with E-state index in [1.54, 1.807) is 42.5 Å². The molecule has 6 heteroatoms. The van der Waals surface area contributed by atoms with Gasteiger partial charge in [0.1, 0.15) is 11.4 Å². The van der Waals surface area contributed by atoms with Crippen LogP contribution in [0.1, 0.15) is 70.4 Å². The van der Waals surface area contributed by atoms with E-state index in [1.165, 1.54) is 13.3 Å². The van der Waals surface area contributed by atoms with E-state index in [2.05, 4.69) is 15.6 Å². The average Bonchev–Trinajstić information content (AvgIpc) is 2.69. The number of amides is 2. The Morgan fingerprint density at radius 1 is 0.926 bits per heavy atom. The maximum atomic E-state index is 12.5. The number of carbonyl (C=O) groups is 3. The number of hydrogen-bond acceptors (Lipinski definition) is 4. The van der Waals surface area contributed by atoms with Crippen molar-refractivity contribution in [3.05, 3.63) is 59.4 Å². The monoisotopic (exact) mass is 365 g/mol. The van der Waals surface area contributed by atoms with E-state index in [9.17, 15) is 14.4 Å². The van der Waals surface area contributed by atoms with Gasteiger partial charge in [-0.3, -0.25) is 14.4 Å². The van der Waals surface area contributed by atoms with Crippen LogP contribution in [0.4, 0.5) is 5.69 Å². The molecule has 1 saturated carbocycles. The van der Waals surface area contributed by atoms with Gasteiger partial charge >= 0.3 is 0 Å². The maximum Gasteiger partial charge on any atom is 0.274 e. The van der Waals surface area contributed by atoms with E-state index in [0.717, 1.165) is 25.7 Å². The number of pyridine rings is 1. The van der Waals surface area contributed by atoms with Gasteiger partial charge in [0.2, 0.25) is 0 Å². The Morgan fingerprint density at radius 2 is 1.59 bits per heavy atom. The Hall–Kier alpha value is -3.02. The first-order valence-corrected chi connectivity index (χ1v) is 9.23. The van der Waals surface area contributed by atoms with Gasteiger partial charge in [-0.25, -0.2) is 4.98 Å². The van der Waals surface area contributed by atoms with Crippen LogP contribution in [0, 0.1) is 0 Å². The molecule has 0 radical (unpaired) electrons. The lowest BCUT2D eigenvalue weighted by Gasteiger charge is -2.22. The Labute approximate surface area is 158 Å². The molecule has 3 rings (SSSR count). The van der Waals surface area contributed by atoms with Gasteiger partial charge in [0.15, 0.2) is 5.78 Å². The molecule has 0 atom stereocenters. The molecule has 1 heterocycles. The molecule has 0 spiro atoms. The first kappa shape index (κ1) is 18.8. The fourth-order valence-corrected chi connectivity index (χ4v) is 3.20. The Balaban J connectivity index is 1.68. The number of ketones is 1. The van der Waals surface area contributed by atoms with Crippen molar-refractivity contribution in [2.45, 2.75) is 45.1 Å². The van der Waals surface area contributed by atoms with Gasteiger partial charge in [-0.1, -0.05) is 37.5 Å². The summed E-state index contributed by atoms with van der Waals surface area (Å²) in [6.07, 6.45) is 5.43. The molecule has 2 N–H and O–H groups in total. The van der Waals surface area contributed by atoms with E-state index in [4.69, 9.17) is 0 Å². The molecule has 6 nitrogen and oxygen atoms in total. The van der Waals surface area contributed by atoms with Crippen molar-refractivity contribution in [3.63, 3.8) is 0 Å². The van der Waals surface area contributed by atoms with Crippen molar-refractivity contribution < 1.29 is 14.4 Å². The minimum Gasteiger partial charge on any atom is -0.348 e. The van der Waals surface area contributed by atoms with Gasteiger partial charge in [0.05, 0.1) is 0 Å². The first-order chi connectivity index (χ1) is 13.0. The molecule has 1 fully saturated rings.